The predicted molar refractivity (Wildman–Crippen MR) is 107 cm³/mol. The average Bonchev–Trinajstić information content (AvgIpc) is 3.20. The fourth-order valence-electron chi connectivity index (χ4n) is 5.38. The number of imide groups is 1. The normalized spacial score (nSPS) is 23.7. The van der Waals surface area contributed by atoms with Crippen molar-refractivity contribution in [2.24, 2.45) is 0 Å². The summed E-state index contributed by atoms with van der Waals surface area (Å²) in [4.78, 5) is 32.7. The smallest absolute Gasteiger partial charge is 0.327 e. The Morgan fingerprint density at radius 1 is 1.14 bits per heavy atom. The van der Waals surface area contributed by atoms with Gasteiger partial charge in [0.25, 0.3) is 5.91 Å². The van der Waals surface area contributed by atoms with Crippen LogP contribution in [-0.2, 0) is 22.4 Å². The molecule has 1 atom stereocenters. The highest BCUT2D eigenvalue weighted by Gasteiger charge is 2.59. The standard InChI is InChI=1S/C22H31N3O3/c1-4-24-21(27)25(19-13-17-7-5-6-8-18(17)14-19)20(26)22(24)9-11-23(12-10-22)16(2)15-28-3/h5-8,16,19H,4,9-15H2,1-3H3/t16-/m0/s1. The largest absolute Gasteiger partial charge is 0.383 e. The molecule has 1 aromatic carbocycles. The van der Waals surface area contributed by atoms with E-state index in [4.69, 9.17) is 4.74 Å². The third-order valence-corrected chi connectivity index (χ3v) is 6.94. The third-order valence-electron chi connectivity index (χ3n) is 6.94. The summed E-state index contributed by atoms with van der Waals surface area (Å²) in [5.74, 6) is 0.0243. The van der Waals surface area contributed by atoms with Crippen LogP contribution in [0.3, 0.4) is 0 Å². The summed E-state index contributed by atoms with van der Waals surface area (Å²) in [5.41, 5.74) is 1.87. The van der Waals surface area contributed by atoms with Crippen LogP contribution in [0.25, 0.3) is 0 Å². The Balaban J connectivity index is 1.54. The summed E-state index contributed by atoms with van der Waals surface area (Å²) < 4.78 is 5.29. The number of urea groups is 1. The van der Waals surface area contributed by atoms with E-state index in [0.29, 0.717) is 32.0 Å². The van der Waals surface area contributed by atoms with Gasteiger partial charge in [-0.05, 0) is 50.7 Å². The van der Waals surface area contributed by atoms with Gasteiger partial charge in [-0.15, -0.1) is 0 Å². The Morgan fingerprint density at radius 3 is 2.29 bits per heavy atom. The monoisotopic (exact) mass is 385 g/mol. The van der Waals surface area contributed by atoms with Gasteiger partial charge in [0.1, 0.15) is 5.54 Å². The SMILES string of the molecule is CCN1C(=O)N(C2Cc3ccccc3C2)C(=O)C12CCN([C@@H](C)COC)CC2. The van der Waals surface area contributed by atoms with Gasteiger partial charge < -0.3 is 9.64 Å². The lowest BCUT2D eigenvalue weighted by molar-refractivity contribution is -0.137. The lowest BCUT2D eigenvalue weighted by Gasteiger charge is -2.43. The minimum atomic E-state index is -0.663. The molecule has 1 spiro atoms. The van der Waals surface area contributed by atoms with E-state index < -0.39 is 5.54 Å². The lowest BCUT2D eigenvalue weighted by Crippen LogP contribution is -2.58. The van der Waals surface area contributed by atoms with Crippen molar-refractivity contribution < 1.29 is 14.3 Å². The fraction of sp³-hybridized carbons (Fsp3) is 0.636. The molecule has 2 aliphatic heterocycles. The summed E-state index contributed by atoms with van der Waals surface area (Å²) in [7, 11) is 1.72. The van der Waals surface area contributed by atoms with Crippen molar-refractivity contribution in [1.29, 1.82) is 0 Å². The van der Waals surface area contributed by atoms with Crippen molar-refractivity contribution >= 4 is 11.9 Å². The molecule has 3 amide bonds. The van der Waals surface area contributed by atoms with Crippen molar-refractivity contribution in [3.63, 3.8) is 0 Å². The number of benzene rings is 1. The maximum atomic E-state index is 13.6. The van der Waals surface area contributed by atoms with Gasteiger partial charge in [-0.25, -0.2) is 4.79 Å². The van der Waals surface area contributed by atoms with Crippen molar-refractivity contribution in [3.05, 3.63) is 35.4 Å². The molecule has 28 heavy (non-hydrogen) atoms. The Kier molecular flexibility index (Phi) is 5.19. The van der Waals surface area contributed by atoms with Crippen LogP contribution in [0.1, 0.15) is 37.8 Å². The van der Waals surface area contributed by atoms with E-state index in [1.807, 2.05) is 24.0 Å². The number of amides is 3. The van der Waals surface area contributed by atoms with Crippen LogP contribution in [0.2, 0.25) is 0 Å². The van der Waals surface area contributed by atoms with Crippen LogP contribution in [-0.4, -0.2) is 77.6 Å². The second kappa shape index (κ2) is 7.48. The fourth-order valence-corrected chi connectivity index (χ4v) is 5.38. The zero-order valence-electron chi connectivity index (χ0n) is 17.2. The number of likely N-dealkylation sites (tertiary alicyclic amines) is 1. The van der Waals surface area contributed by atoms with Crippen LogP contribution in [0.5, 0.6) is 0 Å². The Labute approximate surface area is 167 Å². The molecule has 3 aliphatic rings. The lowest BCUT2D eigenvalue weighted by atomic mass is 9.85. The van der Waals surface area contributed by atoms with Gasteiger partial charge in [0.15, 0.2) is 0 Å². The molecule has 0 unspecified atom stereocenters. The summed E-state index contributed by atoms with van der Waals surface area (Å²) in [6.45, 7) is 7.04. The van der Waals surface area contributed by atoms with Crippen molar-refractivity contribution in [3.8, 4) is 0 Å². The minimum absolute atomic E-state index is 0.0243. The number of hydrogen-bond donors (Lipinski definition) is 0. The van der Waals surface area contributed by atoms with E-state index in [1.54, 1.807) is 12.0 Å². The number of carbonyl (C=O) groups excluding carboxylic acids is 2. The maximum absolute atomic E-state index is 13.6. The molecular weight excluding hydrogens is 354 g/mol. The van der Waals surface area contributed by atoms with E-state index in [0.717, 1.165) is 25.9 Å². The molecule has 2 fully saturated rings. The molecule has 6 heteroatoms. The number of fused-ring (bicyclic) bond motifs is 1. The van der Waals surface area contributed by atoms with E-state index >= 15 is 0 Å². The number of rotatable bonds is 5. The molecule has 0 radical (unpaired) electrons. The first-order valence-electron chi connectivity index (χ1n) is 10.5. The predicted octanol–water partition coefficient (Wildman–Crippen LogP) is 2.31. The van der Waals surface area contributed by atoms with Crippen molar-refractivity contribution in [2.75, 3.05) is 33.4 Å². The highest BCUT2D eigenvalue weighted by molar-refractivity contribution is 6.07. The first kappa shape index (κ1) is 19.4. The molecule has 0 N–H and O–H groups in total. The number of hydrogen-bond acceptors (Lipinski definition) is 4. The van der Waals surface area contributed by atoms with Gasteiger partial charge >= 0.3 is 6.03 Å². The second-order valence-corrected chi connectivity index (χ2v) is 8.40. The number of ether oxygens (including phenoxy) is 1. The van der Waals surface area contributed by atoms with Gasteiger partial charge in [0.2, 0.25) is 0 Å². The highest BCUT2D eigenvalue weighted by atomic mass is 16.5. The molecule has 0 saturated carbocycles. The number of likely N-dealkylation sites (N-methyl/N-ethyl adjacent to an activating group) is 1. The summed E-state index contributed by atoms with van der Waals surface area (Å²) in [6.07, 6.45) is 2.96. The van der Waals surface area contributed by atoms with Gasteiger partial charge in [0.05, 0.1) is 6.61 Å². The first-order chi connectivity index (χ1) is 13.5. The summed E-state index contributed by atoms with van der Waals surface area (Å²) >= 11 is 0. The first-order valence-corrected chi connectivity index (χ1v) is 10.5. The molecule has 152 valence electrons. The van der Waals surface area contributed by atoms with E-state index in [2.05, 4.69) is 24.0 Å². The molecule has 1 aliphatic carbocycles. The number of carbonyl (C=O) groups is 2. The topological polar surface area (TPSA) is 53.1 Å². The second-order valence-electron chi connectivity index (χ2n) is 8.40. The Bertz CT molecular complexity index is 732. The molecular formula is C22H31N3O3. The van der Waals surface area contributed by atoms with Gasteiger partial charge in [0, 0.05) is 38.8 Å². The number of nitrogens with zero attached hydrogens (tertiary/aromatic N) is 3. The van der Waals surface area contributed by atoms with Gasteiger partial charge in [-0.1, -0.05) is 24.3 Å². The molecule has 6 nitrogen and oxygen atoms in total. The zero-order valence-corrected chi connectivity index (χ0v) is 17.2. The maximum Gasteiger partial charge on any atom is 0.327 e. The molecule has 0 aromatic heterocycles. The van der Waals surface area contributed by atoms with Crippen LogP contribution in [0, 0.1) is 0 Å². The third kappa shape index (κ3) is 2.94. The number of methoxy groups -OCH3 is 1. The number of piperidine rings is 1. The molecule has 4 rings (SSSR count). The zero-order chi connectivity index (χ0) is 19.9. The van der Waals surface area contributed by atoms with Crippen molar-refractivity contribution in [1.82, 2.24) is 14.7 Å². The van der Waals surface area contributed by atoms with E-state index in [1.165, 1.54) is 11.1 Å². The Morgan fingerprint density at radius 2 is 1.75 bits per heavy atom. The summed E-state index contributed by atoms with van der Waals surface area (Å²) in [6, 6.07) is 8.48. The van der Waals surface area contributed by atoms with Crippen molar-refractivity contribution in [2.45, 2.75) is 57.2 Å². The highest BCUT2D eigenvalue weighted by Crippen LogP contribution is 2.40. The summed E-state index contributed by atoms with van der Waals surface area (Å²) in [5, 5.41) is 0. The average molecular weight is 386 g/mol. The molecule has 2 saturated heterocycles. The van der Waals surface area contributed by atoms with Crippen LogP contribution in [0.4, 0.5) is 4.79 Å². The van der Waals surface area contributed by atoms with Gasteiger partial charge in [-0.3, -0.25) is 14.6 Å². The van der Waals surface area contributed by atoms with Crippen LogP contribution in [0.15, 0.2) is 24.3 Å². The van der Waals surface area contributed by atoms with E-state index in [-0.39, 0.29) is 18.0 Å². The van der Waals surface area contributed by atoms with Gasteiger partial charge in [-0.2, -0.15) is 0 Å². The van der Waals surface area contributed by atoms with Crippen LogP contribution < -0.4 is 0 Å². The van der Waals surface area contributed by atoms with Crippen LogP contribution >= 0.6 is 0 Å². The minimum Gasteiger partial charge on any atom is -0.383 e. The molecule has 1 aromatic rings. The quantitative estimate of drug-likeness (QED) is 0.730. The molecule has 0 bridgehead atoms. The molecule has 2 heterocycles. The Hall–Kier alpha value is -1.92. The van der Waals surface area contributed by atoms with E-state index in [9.17, 15) is 9.59 Å².